The summed E-state index contributed by atoms with van der Waals surface area (Å²) in [5, 5.41) is 3.45. The third-order valence-electron chi connectivity index (χ3n) is 4.62. The Balaban J connectivity index is 1.89. The quantitative estimate of drug-likeness (QED) is 0.782. The highest BCUT2D eigenvalue weighted by molar-refractivity contribution is 5.41. The SMILES string of the molecule is C=C(C)C(NC)C1C2CCc3ccccc3C21. The fourth-order valence-electron chi connectivity index (χ4n) is 3.84. The first kappa shape index (κ1) is 11.0. The van der Waals surface area contributed by atoms with Crippen LogP contribution in [0.15, 0.2) is 36.4 Å². The molecule has 2 aliphatic carbocycles. The maximum absolute atomic E-state index is 4.14. The van der Waals surface area contributed by atoms with Crippen LogP contribution in [0, 0.1) is 11.8 Å². The molecule has 1 aromatic carbocycles. The van der Waals surface area contributed by atoms with E-state index in [1.54, 1.807) is 11.1 Å². The first-order valence-corrected chi connectivity index (χ1v) is 6.64. The summed E-state index contributed by atoms with van der Waals surface area (Å²) < 4.78 is 0. The highest BCUT2D eigenvalue weighted by atomic mass is 14.9. The Bertz CT molecular complexity index is 449. The van der Waals surface area contributed by atoms with Gasteiger partial charge in [-0.05, 0) is 55.7 Å². The Morgan fingerprint density at radius 2 is 2.18 bits per heavy atom. The summed E-state index contributed by atoms with van der Waals surface area (Å²) in [5.41, 5.74) is 4.47. The molecule has 0 bridgehead atoms. The molecule has 17 heavy (non-hydrogen) atoms. The van der Waals surface area contributed by atoms with Gasteiger partial charge in [0.1, 0.15) is 0 Å². The van der Waals surface area contributed by atoms with Crippen LogP contribution in [0.2, 0.25) is 0 Å². The van der Waals surface area contributed by atoms with Crippen molar-refractivity contribution < 1.29 is 0 Å². The average molecular weight is 227 g/mol. The molecule has 2 aliphatic rings. The van der Waals surface area contributed by atoms with E-state index in [0.29, 0.717) is 6.04 Å². The van der Waals surface area contributed by atoms with Gasteiger partial charge in [-0.2, -0.15) is 0 Å². The maximum atomic E-state index is 4.14. The van der Waals surface area contributed by atoms with Gasteiger partial charge in [-0.1, -0.05) is 36.4 Å². The van der Waals surface area contributed by atoms with Gasteiger partial charge in [-0.3, -0.25) is 0 Å². The van der Waals surface area contributed by atoms with Crippen LogP contribution in [0.5, 0.6) is 0 Å². The molecule has 1 nitrogen and oxygen atoms in total. The molecule has 1 aromatic rings. The van der Waals surface area contributed by atoms with Crippen LogP contribution in [-0.4, -0.2) is 13.1 Å². The molecule has 4 unspecified atom stereocenters. The van der Waals surface area contributed by atoms with E-state index in [2.05, 4.69) is 50.1 Å². The molecule has 4 atom stereocenters. The van der Waals surface area contributed by atoms with Crippen LogP contribution in [0.4, 0.5) is 0 Å². The number of benzene rings is 1. The van der Waals surface area contributed by atoms with Crippen molar-refractivity contribution in [3.05, 3.63) is 47.5 Å². The predicted molar refractivity (Wildman–Crippen MR) is 72.1 cm³/mol. The minimum absolute atomic E-state index is 0.496. The van der Waals surface area contributed by atoms with Gasteiger partial charge in [-0.15, -0.1) is 0 Å². The second-order valence-corrected chi connectivity index (χ2v) is 5.62. The number of hydrogen-bond acceptors (Lipinski definition) is 1. The number of rotatable bonds is 3. The summed E-state index contributed by atoms with van der Waals surface area (Å²) in [6.07, 6.45) is 2.62. The molecule has 3 rings (SSSR count). The Kier molecular flexibility index (Phi) is 2.59. The monoisotopic (exact) mass is 227 g/mol. The molecule has 1 N–H and O–H groups in total. The molecule has 0 amide bonds. The van der Waals surface area contributed by atoms with Gasteiger partial charge in [0.2, 0.25) is 0 Å². The van der Waals surface area contributed by atoms with Gasteiger partial charge in [0.05, 0.1) is 0 Å². The Morgan fingerprint density at radius 3 is 2.88 bits per heavy atom. The Morgan fingerprint density at radius 1 is 1.41 bits per heavy atom. The lowest BCUT2D eigenvalue weighted by Crippen LogP contribution is -2.29. The summed E-state index contributed by atoms with van der Waals surface area (Å²) in [4.78, 5) is 0. The molecule has 0 radical (unpaired) electrons. The third-order valence-corrected chi connectivity index (χ3v) is 4.62. The average Bonchev–Trinajstić information content (AvgIpc) is 3.05. The van der Waals surface area contributed by atoms with Crippen LogP contribution >= 0.6 is 0 Å². The van der Waals surface area contributed by atoms with Crippen LogP contribution in [0.1, 0.15) is 30.4 Å². The van der Waals surface area contributed by atoms with Crippen LogP contribution in [-0.2, 0) is 6.42 Å². The van der Waals surface area contributed by atoms with Crippen molar-refractivity contribution in [1.82, 2.24) is 5.32 Å². The number of hydrogen-bond donors (Lipinski definition) is 1. The largest absolute Gasteiger partial charge is 0.313 e. The minimum atomic E-state index is 0.496. The van der Waals surface area contributed by atoms with Gasteiger partial charge in [0.25, 0.3) is 0 Å². The molecule has 0 aromatic heterocycles. The van der Waals surface area contributed by atoms with Crippen LogP contribution in [0.3, 0.4) is 0 Å². The fraction of sp³-hybridized carbons (Fsp3) is 0.500. The third kappa shape index (κ3) is 1.64. The Labute approximate surface area is 104 Å². The molecule has 0 heterocycles. The molecule has 0 saturated heterocycles. The van der Waals surface area contributed by atoms with E-state index in [-0.39, 0.29) is 0 Å². The fourth-order valence-corrected chi connectivity index (χ4v) is 3.84. The molecule has 1 saturated carbocycles. The smallest absolute Gasteiger partial charge is 0.0308 e. The zero-order chi connectivity index (χ0) is 12.0. The zero-order valence-electron chi connectivity index (χ0n) is 10.7. The van der Waals surface area contributed by atoms with Crippen molar-refractivity contribution in [3.8, 4) is 0 Å². The minimum Gasteiger partial charge on any atom is -0.313 e. The topological polar surface area (TPSA) is 12.0 Å². The second kappa shape index (κ2) is 3.99. The molecule has 90 valence electrons. The van der Waals surface area contributed by atoms with Crippen molar-refractivity contribution in [3.63, 3.8) is 0 Å². The van der Waals surface area contributed by atoms with E-state index < -0.39 is 0 Å². The normalized spacial score (nSPS) is 31.3. The first-order valence-electron chi connectivity index (χ1n) is 6.64. The van der Waals surface area contributed by atoms with Crippen LogP contribution in [0.25, 0.3) is 0 Å². The molecular weight excluding hydrogens is 206 g/mol. The van der Waals surface area contributed by atoms with E-state index in [0.717, 1.165) is 17.8 Å². The van der Waals surface area contributed by atoms with Gasteiger partial charge < -0.3 is 5.32 Å². The van der Waals surface area contributed by atoms with Crippen molar-refractivity contribution in [2.75, 3.05) is 7.05 Å². The molecule has 1 heteroatoms. The highest BCUT2D eigenvalue weighted by Crippen LogP contribution is 2.61. The predicted octanol–water partition coefficient (Wildman–Crippen LogP) is 3.13. The zero-order valence-corrected chi connectivity index (χ0v) is 10.7. The summed E-state index contributed by atoms with van der Waals surface area (Å²) in [6, 6.07) is 9.49. The van der Waals surface area contributed by atoms with E-state index in [4.69, 9.17) is 0 Å². The lowest BCUT2D eigenvalue weighted by Gasteiger charge is -2.16. The van der Waals surface area contributed by atoms with Crippen molar-refractivity contribution in [1.29, 1.82) is 0 Å². The van der Waals surface area contributed by atoms with Gasteiger partial charge in [0, 0.05) is 6.04 Å². The van der Waals surface area contributed by atoms with Crippen molar-refractivity contribution >= 4 is 0 Å². The van der Waals surface area contributed by atoms with E-state index in [1.807, 2.05) is 0 Å². The van der Waals surface area contributed by atoms with Gasteiger partial charge in [0.15, 0.2) is 0 Å². The lowest BCUT2D eigenvalue weighted by atomic mass is 9.92. The summed E-state index contributed by atoms with van der Waals surface area (Å²) in [7, 11) is 2.07. The highest BCUT2D eigenvalue weighted by Gasteiger charge is 2.55. The summed E-state index contributed by atoms with van der Waals surface area (Å²) >= 11 is 0. The number of fused-ring (bicyclic) bond motifs is 3. The van der Waals surface area contributed by atoms with Crippen molar-refractivity contribution in [2.24, 2.45) is 11.8 Å². The second-order valence-electron chi connectivity index (χ2n) is 5.62. The first-order chi connectivity index (χ1) is 8.24. The standard InChI is InChI=1S/C16H21N/c1-10(2)16(17-3)15-13-9-8-11-6-4-5-7-12(11)14(13)15/h4-7,13-17H,1,8-9H2,2-3H3. The molecular formula is C16H21N. The maximum Gasteiger partial charge on any atom is 0.0308 e. The number of nitrogens with one attached hydrogen (secondary N) is 1. The summed E-state index contributed by atoms with van der Waals surface area (Å²) in [5.74, 6) is 2.45. The van der Waals surface area contributed by atoms with E-state index in [1.165, 1.54) is 18.4 Å². The van der Waals surface area contributed by atoms with E-state index >= 15 is 0 Å². The van der Waals surface area contributed by atoms with E-state index in [9.17, 15) is 0 Å². The molecule has 0 aliphatic heterocycles. The summed E-state index contributed by atoms with van der Waals surface area (Å²) in [6.45, 7) is 6.29. The van der Waals surface area contributed by atoms with Crippen molar-refractivity contribution in [2.45, 2.75) is 31.7 Å². The number of aryl methyl sites for hydroxylation is 1. The molecule has 1 fully saturated rings. The molecule has 0 spiro atoms. The Hall–Kier alpha value is -1.08. The lowest BCUT2D eigenvalue weighted by molar-refractivity contribution is 0.519. The van der Waals surface area contributed by atoms with Gasteiger partial charge >= 0.3 is 0 Å². The van der Waals surface area contributed by atoms with Crippen LogP contribution < -0.4 is 5.32 Å². The van der Waals surface area contributed by atoms with Gasteiger partial charge in [-0.25, -0.2) is 0 Å². The number of likely N-dealkylation sites (N-methyl/N-ethyl adjacent to an activating group) is 1.